The minimum Gasteiger partial charge on any atom is -0.472 e. The summed E-state index contributed by atoms with van der Waals surface area (Å²) < 4.78 is 5.12. The van der Waals surface area contributed by atoms with E-state index in [1.54, 1.807) is 11.8 Å². The maximum absolute atomic E-state index is 5.12. The lowest BCUT2D eigenvalue weighted by Crippen LogP contribution is -1.84. The Hall–Kier alpha value is -1.76. The van der Waals surface area contributed by atoms with E-state index in [4.69, 9.17) is 4.42 Å². The van der Waals surface area contributed by atoms with Crippen LogP contribution in [0.3, 0.4) is 0 Å². The first-order valence-corrected chi connectivity index (χ1v) is 12.1. The minimum atomic E-state index is 1.07. The number of furan rings is 1. The lowest BCUT2D eigenvalue weighted by atomic mass is 10.0. The zero-order chi connectivity index (χ0) is 22.0. The maximum Gasteiger partial charge on any atom is 0.0934 e. The van der Waals surface area contributed by atoms with E-state index in [0.717, 1.165) is 19.3 Å². The second-order valence-corrected chi connectivity index (χ2v) is 8.95. The number of rotatable bonds is 16. The van der Waals surface area contributed by atoms with E-state index >= 15 is 0 Å². The van der Waals surface area contributed by atoms with Crippen LogP contribution in [-0.4, -0.2) is 0 Å². The van der Waals surface area contributed by atoms with Crippen LogP contribution in [0.2, 0.25) is 0 Å². The standard InChI is InChI=1S/C29H46O/c1-6-7-8-13-25(2)14-9-15-26(3)16-10-17-27(4)18-11-19-28(5)20-12-21-29-22-23-30-24-29/h14,16,18,20,22-24H,6-13,15,17,19,21H2,1-5H3/b25-14+,26-16+,27-18+,28-20+. The van der Waals surface area contributed by atoms with E-state index in [1.165, 1.54) is 80.1 Å². The minimum absolute atomic E-state index is 1.07. The third-order valence-corrected chi connectivity index (χ3v) is 5.78. The first kappa shape index (κ1) is 26.3. The Balaban J connectivity index is 2.17. The quantitative estimate of drug-likeness (QED) is 0.195. The lowest BCUT2D eigenvalue weighted by Gasteiger charge is -2.03. The van der Waals surface area contributed by atoms with Crippen molar-refractivity contribution >= 4 is 0 Å². The molecule has 0 bridgehead atoms. The molecule has 0 unspecified atom stereocenters. The van der Waals surface area contributed by atoms with Crippen LogP contribution in [0.15, 0.2) is 69.6 Å². The van der Waals surface area contributed by atoms with Gasteiger partial charge < -0.3 is 4.42 Å². The van der Waals surface area contributed by atoms with Crippen molar-refractivity contribution in [3.8, 4) is 0 Å². The molecule has 0 atom stereocenters. The summed E-state index contributed by atoms with van der Waals surface area (Å²) in [6, 6.07) is 2.05. The molecular formula is C29H46O. The summed E-state index contributed by atoms with van der Waals surface area (Å²) in [7, 11) is 0. The highest BCUT2D eigenvalue weighted by atomic mass is 16.3. The van der Waals surface area contributed by atoms with Crippen molar-refractivity contribution in [3.05, 3.63) is 70.8 Å². The van der Waals surface area contributed by atoms with Crippen molar-refractivity contribution in [1.29, 1.82) is 0 Å². The molecule has 0 fully saturated rings. The molecule has 0 saturated carbocycles. The average Bonchev–Trinajstić information content (AvgIpc) is 3.22. The Morgan fingerprint density at radius 1 is 0.700 bits per heavy atom. The van der Waals surface area contributed by atoms with Gasteiger partial charge in [-0.2, -0.15) is 0 Å². The predicted molar refractivity (Wildman–Crippen MR) is 134 cm³/mol. The third-order valence-electron chi connectivity index (χ3n) is 5.78. The van der Waals surface area contributed by atoms with Crippen LogP contribution in [0, 0.1) is 0 Å². The second-order valence-electron chi connectivity index (χ2n) is 8.95. The molecule has 1 aromatic heterocycles. The molecule has 0 radical (unpaired) electrons. The van der Waals surface area contributed by atoms with E-state index in [2.05, 4.69) is 65.0 Å². The van der Waals surface area contributed by atoms with Crippen molar-refractivity contribution in [3.63, 3.8) is 0 Å². The molecule has 0 N–H and O–H groups in total. The Bertz CT molecular complexity index is 667. The molecule has 0 aliphatic heterocycles. The lowest BCUT2D eigenvalue weighted by molar-refractivity contribution is 0.564. The van der Waals surface area contributed by atoms with Gasteiger partial charge in [-0.1, -0.05) is 66.4 Å². The van der Waals surface area contributed by atoms with Gasteiger partial charge in [-0.15, -0.1) is 0 Å². The summed E-state index contributed by atoms with van der Waals surface area (Å²) in [5.41, 5.74) is 7.42. The molecule has 0 spiro atoms. The SMILES string of the molecule is CCCCC/C(C)=C/CC/C(C)=C/CC/C(C)=C/CC/C(C)=C/CCc1ccoc1. The highest BCUT2D eigenvalue weighted by Gasteiger charge is 1.96. The van der Waals surface area contributed by atoms with Gasteiger partial charge in [0.1, 0.15) is 0 Å². The molecule has 0 saturated heterocycles. The fraction of sp³-hybridized carbons (Fsp3) is 0.586. The van der Waals surface area contributed by atoms with Gasteiger partial charge in [0.25, 0.3) is 0 Å². The van der Waals surface area contributed by atoms with Gasteiger partial charge >= 0.3 is 0 Å². The number of unbranched alkanes of at least 4 members (excludes halogenated alkanes) is 2. The first-order chi connectivity index (χ1) is 14.5. The number of allylic oxidation sites excluding steroid dienone is 8. The summed E-state index contributed by atoms with van der Waals surface area (Å²) >= 11 is 0. The van der Waals surface area contributed by atoms with Crippen molar-refractivity contribution in [2.45, 2.75) is 112 Å². The Labute approximate surface area is 187 Å². The number of hydrogen-bond acceptors (Lipinski definition) is 1. The van der Waals surface area contributed by atoms with E-state index < -0.39 is 0 Å². The fourth-order valence-electron chi connectivity index (χ4n) is 3.62. The fourth-order valence-corrected chi connectivity index (χ4v) is 3.62. The molecule has 0 amide bonds. The average molecular weight is 411 g/mol. The van der Waals surface area contributed by atoms with Crippen LogP contribution >= 0.6 is 0 Å². The largest absolute Gasteiger partial charge is 0.472 e. The van der Waals surface area contributed by atoms with E-state index in [1.807, 2.05) is 6.26 Å². The van der Waals surface area contributed by atoms with Crippen molar-refractivity contribution < 1.29 is 4.42 Å². The molecule has 1 heteroatoms. The molecule has 1 rings (SSSR count). The summed E-state index contributed by atoms with van der Waals surface area (Å²) in [4.78, 5) is 0. The van der Waals surface area contributed by atoms with Gasteiger partial charge in [-0.3, -0.25) is 0 Å². The van der Waals surface area contributed by atoms with Crippen LogP contribution in [0.25, 0.3) is 0 Å². The van der Waals surface area contributed by atoms with Crippen LogP contribution < -0.4 is 0 Å². The maximum atomic E-state index is 5.12. The predicted octanol–water partition coefficient (Wildman–Crippen LogP) is 9.92. The smallest absolute Gasteiger partial charge is 0.0934 e. The molecule has 1 aromatic rings. The molecule has 0 aliphatic carbocycles. The third kappa shape index (κ3) is 14.3. The normalized spacial score (nSPS) is 13.9. The summed E-state index contributed by atoms with van der Waals surface area (Å²) in [5, 5.41) is 0. The van der Waals surface area contributed by atoms with E-state index in [9.17, 15) is 0 Å². The monoisotopic (exact) mass is 410 g/mol. The Kier molecular flexibility index (Phi) is 14.9. The topological polar surface area (TPSA) is 13.1 Å². The van der Waals surface area contributed by atoms with Crippen LogP contribution in [0.1, 0.15) is 111 Å². The van der Waals surface area contributed by atoms with Crippen LogP contribution in [-0.2, 0) is 6.42 Å². The van der Waals surface area contributed by atoms with Gasteiger partial charge in [0.05, 0.1) is 12.5 Å². The van der Waals surface area contributed by atoms with E-state index in [0.29, 0.717) is 0 Å². The van der Waals surface area contributed by atoms with Gasteiger partial charge in [-0.25, -0.2) is 0 Å². The van der Waals surface area contributed by atoms with Crippen molar-refractivity contribution in [2.75, 3.05) is 0 Å². The molecule has 30 heavy (non-hydrogen) atoms. The summed E-state index contributed by atoms with van der Waals surface area (Å²) in [6.07, 6.45) is 27.9. The zero-order valence-corrected chi connectivity index (χ0v) is 20.4. The number of aryl methyl sites for hydroxylation is 1. The van der Waals surface area contributed by atoms with Gasteiger partial charge in [0.2, 0.25) is 0 Å². The molecule has 1 nitrogen and oxygen atoms in total. The molecule has 0 aliphatic rings. The van der Waals surface area contributed by atoms with Gasteiger partial charge in [0.15, 0.2) is 0 Å². The summed E-state index contributed by atoms with van der Waals surface area (Å²) in [5.74, 6) is 0. The first-order valence-electron chi connectivity index (χ1n) is 12.1. The van der Waals surface area contributed by atoms with E-state index in [-0.39, 0.29) is 0 Å². The van der Waals surface area contributed by atoms with Crippen molar-refractivity contribution in [1.82, 2.24) is 0 Å². The highest BCUT2D eigenvalue weighted by Crippen LogP contribution is 2.15. The molecule has 1 heterocycles. The Morgan fingerprint density at radius 2 is 1.20 bits per heavy atom. The molecule has 0 aromatic carbocycles. The summed E-state index contributed by atoms with van der Waals surface area (Å²) in [6.45, 7) is 11.4. The Morgan fingerprint density at radius 3 is 1.67 bits per heavy atom. The zero-order valence-electron chi connectivity index (χ0n) is 20.4. The van der Waals surface area contributed by atoms with Crippen LogP contribution in [0.4, 0.5) is 0 Å². The molecule has 168 valence electrons. The highest BCUT2D eigenvalue weighted by molar-refractivity contribution is 5.09. The second kappa shape index (κ2) is 17.0. The van der Waals surface area contributed by atoms with Gasteiger partial charge in [-0.05, 0) is 104 Å². The van der Waals surface area contributed by atoms with Gasteiger partial charge in [0, 0.05) is 0 Å². The molecular weight excluding hydrogens is 364 g/mol. The van der Waals surface area contributed by atoms with Crippen LogP contribution in [0.5, 0.6) is 0 Å². The van der Waals surface area contributed by atoms with Crippen molar-refractivity contribution in [2.24, 2.45) is 0 Å². The number of hydrogen-bond donors (Lipinski definition) is 0.